The Morgan fingerprint density at radius 3 is 2.46 bits per heavy atom. The van der Waals surface area contributed by atoms with E-state index in [9.17, 15) is 9.59 Å². The molecule has 2 aromatic carbocycles. The maximum Gasteiger partial charge on any atom is 0.253 e. The lowest BCUT2D eigenvalue weighted by atomic mass is 9.73. The van der Waals surface area contributed by atoms with Gasteiger partial charge in [0.2, 0.25) is 5.91 Å². The zero-order valence-corrected chi connectivity index (χ0v) is 23.3. The molecule has 1 N–H and O–H groups in total. The van der Waals surface area contributed by atoms with E-state index >= 15 is 0 Å². The number of hydrogen-bond donors (Lipinski definition) is 1. The molecule has 0 aliphatic carbocycles. The number of aryl methyl sites for hydroxylation is 3. The fourth-order valence-electron chi connectivity index (χ4n) is 6.01. The average molecular weight is 529 g/mol. The minimum absolute atomic E-state index is 0.00460. The van der Waals surface area contributed by atoms with Gasteiger partial charge in [-0.05, 0) is 81.2 Å². The van der Waals surface area contributed by atoms with Crippen LogP contribution in [0, 0.1) is 5.41 Å². The summed E-state index contributed by atoms with van der Waals surface area (Å²) in [5, 5.41) is 3.18. The number of para-hydroxylation sites is 1. The van der Waals surface area contributed by atoms with Crippen molar-refractivity contribution in [3.63, 3.8) is 0 Å². The Bertz CT molecular complexity index is 1330. The van der Waals surface area contributed by atoms with Crippen molar-refractivity contribution in [2.45, 2.75) is 71.6 Å². The number of ether oxygens (including phenoxy) is 1. The van der Waals surface area contributed by atoms with Gasteiger partial charge in [0, 0.05) is 25.2 Å². The molecule has 0 radical (unpaired) electrons. The van der Waals surface area contributed by atoms with Crippen molar-refractivity contribution in [1.29, 1.82) is 0 Å². The number of amides is 2. The predicted molar refractivity (Wildman–Crippen MR) is 153 cm³/mol. The molecule has 0 saturated carbocycles. The molecule has 0 atom stereocenters. The van der Waals surface area contributed by atoms with E-state index < -0.39 is 5.41 Å². The number of hydrogen-bond acceptors (Lipinski definition) is 5. The SMILES string of the molecule is CCc1nc2ccc(C(=O)N3CCC4(CCCCc5ccccc5OCCCNC4=O)CC3)cc2nc1CC. The minimum atomic E-state index is -0.424. The van der Waals surface area contributed by atoms with Crippen LogP contribution in [0.5, 0.6) is 5.75 Å². The molecule has 7 nitrogen and oxygen atoms in total. The lowest BCUT2D eigenvalue weighted by Gasteiger charge is -2.41. The highest BCUT2D eigenvalue weighted by Crippen LogP contribution is 2.38. The summed E-state index contributed by atoms with van der Waals surface area (Å²) in [5.74, 6) is 1.09. The first-order valence-electron chi connectivity index (χ1n) is 14.6. The first kappa shape index (κ1) is 27.1. The van der Waals surface area contributed by atoms with Crippen molar-refractivity contribution in [3.8, 4) is 5.75 Å². The fraction of sp³-hybridized carbons (Fsp3) is 0.500. The highest BCUT2D eigenvalue weighted by Gasteiger charge is 2.41. The Morgan fingerprint density at radius 2 is 1.69 bits per heavy atom. The van der Waals surface area contributed by atoms with E-state index in [-0.39, 0.29) is 11.8 Å². The standard InChI is InChI=1S/C32H40N4O3/c1-3-25-26(4-2)35-28-22-24(13-14-27(28)34-25)30(37)36-19-16-32(17-20-36)15-8-7-11-23-10-5-6-12-29(23)39-21-9-18-33-31(32)38/h5-6,10,12-14,22H,3-4,7-9,11,15-21H2,1-2H3,(H,33,38). The van der Waals surface area contributed by atoms with Crippen molar-refractivity contribution in [3.05, 3.63) is 65.0 Å². The molecule has 3 heterocycles. The number of nitrogens with one attached hydrogen (secondary N) is 1. The molecule has 2 aliphatic rings. The van der Waals surface area contributed by atoms with Crippen molar-refractivity contribution in [2.75, 3.05) is 26.2 Å². The zero-order chi connectivity index (χ0) is 27.2. The summed E-state index contributed by atoms with van der Waals surface area (Å²) in [6, 6.07) is 13.9. The third-order valence-electron chi connectivity index (χ3n) is 8.41. The molecular formula is C32H40N4O3. The van der Waals surface area contributed by atoms with E-state index in [1.807, 2.05) is 35.2 Å². The summed E-state index contributed by atoms with van der Waals surface area (Å²) in [7, 11) is 0. The molecule has 7 heteroatoms. The van der Waals surface area contributed by atoms with Crippen LogP contribution >= 0.6 is 0 Å². The van der Waals surface area contributed by atoms with Crippen molar-refractivity contribution in [2.24, 2.45) is 5.41 Å². The van der Waals surface area contributed by atoms with Crippen molar-refractivity contribution < 1.29 is 14.3 Å². The largest absolute Gasteiger partial charge is 0.493 e. The van der Waals surface area contributed by atoms with Crippen LogP contribution in [0.3, 0.4) is 0 Å². The Labute approximate surface area is 231 Å². The van der Waals surface area contributed by atoms with E-state index in [2.05, 4.69) is 31.3 Å². The first-order chi connectivity index (χ1) is 19.0. The van der Waals surface area contributed by atoms with Gasteiger partial charge in [-0.2, -0.15) is 0 Å². The number of carbonyl (C=O) groups excluding carboxylic acids is 2. The summed E-state index contributed by atoms with van der Waals surface area (Å²) < 4.78 is 6.00. The van der Waals surface area contributed by atoms with Gasteiger partial charge in [-0.1, -0.05) is 38.5 Å². The topological polar surface area (TPSA) is 84.4 Å². The highest BCUT2D eigenvalue weighted by atomic mass is 16.5. The second-order valence-electron chi connectivity index (χ2n) is 10.9. The lowest BCUT2D eigenvalue weighted by molar-refractivity contribution is -0.134. The van der Waals surface area contributed by atoms with Crippen LogP contribution in [0.25, 0.3) is 11.0 Å². The van der Waals surface area contributed by atoms with Crippen LogP contribution < -0.4 is 10.1 Å². The van der Waals surface area contributed by atoms with Crippen LogP contribution in [0.1, 0.15) is 79.7 Å². The number of fused-ring (bicyclic) bond motifs is 2. The molecule has 39 heavy (non-hydrogen) atoms. The predicted octanol–water partition coefficient (Wildman–Crippen LogP) is 5.29. The zero-order valence-electron chi connectivity index (χ0n) is 23.3. The molecule has 1 saturated heterocycles. The molecule has 1 spiro atoms. The molecule has 206 valence electrons. The van der Waals surface area contributed by atoms with Gasteiger partial charge >= 0.3 is 0 Å². The summed E-state index contributed by atoms with van der Waals surface area (Å²) in [5.41, 5.74) is 5.06. The Hall–Kier alpha value is -3.48. The number of carbonyl (C=O) groups is 2. The molecule has 2 amide bonds. The van der Waals surface area contributed by atoms with E-state index in [1.54, 1.807) is 0 Å². The van der Waals surface area contributed by atoms with E-state index in [0.717, 1.165) is 73.1 Å². The van der Waals surface area contributed by atoms with Gasteiger partial charge < -0.3 is 15.0 Å². The third-order valence-corrected chi connectivity index (χ3v) is 8.41. The van der Waals surface area contributed by atoms with Gasteiger partial charge in [-0.25, -0.2) is 9.97 Å². The average Bonchev–Trinajstić information content (AvgIpc) is 2.99. The van der Waals surface area contributed by atoms with E-state index in [1.165, 1.54) is 5.56 Å². The van der Waals surface area contributed by atoms with E-state index in [0.29, 0.717) is 44.6 Å². The third kappa shape index (κ3) is 5.92. The minimum Gasteiger partial charge on any atom is -0.493 e. The summed E-state index contributed by atoms with van der Waals surface area (Å²) in [6.45, 7) is 6.52. The molecule has 1 fully saturated rings. The van der Waals surface area contributed by atoms with Gasteiger partial charge in [0.15, 0.2) is 0 Å². The first-order valence-corrected chi connectivity index (χ1v) is 14.6. The Morgan fingerprint density at radius 1 is 0.949 bits per heavy atom. The van der Waals surface area contributed by atoms with Gasteiger partial charge in [0.25, 0.3) is 5.91 Å². The number of likely N-dealkylation sites (tertiary alicyclic amines) is 1. The maximum atomic E-state index is 13.5. The summed E-state index contributed by atoms with van der Waals surface area (Å²) in [4.78, 5) is 38.4. The van der Waals surface area contributed by atoms with Crippen molar-refractivity contribution >= 4 is 22.8 Å². The smallest absolute Gasteiger partial charge is 0.253 e. The van der Waals surface area contributed by atoms with Gasteiger partial charge in [-0.15, -0.1) is 0 Å². The van der Waals surface area contributed by atoms with Crippen LogP contribution in [0.2, 0.25) is 0 Å². The second kappa shape index (κ2) is 12.1. The molecule has 0 unspecified atom stereocenters. The molecule has 3 aromatic rings. The lowest BCUT2D eigenvalue weighted by Crippen LogP contribution is -2.50. The molecular weight excluding hydrogens is 488 g/mol. The number of nitrogens with zero attached hydrogens (tertiary/aromatic N) is 3. The highest BCUT2D eigenvalue weighted by molar-refractivity contribution is 5.97. The van der Waals surface area contributed by atoms with Gasteiger partial charge in [0.1, 0.15) is 5.75 Å². The summed E-state index contributed by atoms with van der Waals surface area (Å²) >= 11 is 0. The molecule has 0 bridgehead atoms. The van der Waals surface area contributed by atoms with Crippen LogP contribution in [-0.2, 0) is 24.1 Å². The monoisotopic (exact) mass is 528 g/mol. The van der Waals surface area contributed by atoms with Gasteiger partial charge in [-0.3, -0.25) is 9.59 Å². The van der Waals surface area contributed by atoms with Crippen molar-refractivity contribution in [1.82, 2.24) is 20.2 Å². The maximum absolute atomic E-state index is 13.5. The fourth-order valence-corrected chi connectivity index (χ4v) is 6.01. The molecule has 5 rings (SSSR count). The quantitative estimate of drug-likeness (QED) is 0.500. The van der Waals surface area contributed by atoms with Crippen LogP contribution in [-0.4, -0.2) is 52.9 Å². The number of piperidine rings is 1. The number of rotatable bonds is 3. The van der Waals surface area contributed by atoms with Gasteiger partial charge in [0.05, 0.1) is 34.4 Å². The van der Waals surface area contributed by atoms with E-state index in [4.69, 9.17) is 14.7 Å². The number of benzene rings is 2. The van der Waals surface area contributed by atoms with Crippen LogP contribution in [0.4, 0.5) is 0 Å². The van der Waals surface area contributed by atoms with Crippen LogP contribution in [0.15, 0.2) is 42.5 Å². The molecule has 2 aliphatic heterocycles. The summed E-state index contributed by atoms with van der Waals surface area (Å²) in [6.07, 6.45) is 7.57. The number of aromatic nitrogens is 2. The Kier molecular flexibility index (Phi) is 8.44. The molecule has 1 aromatic heterocycles. The Balaban J connectivity index is 1.27. The normalized spacial score (nSPS) is 18.3. The second-order valence-corrected chi connectivity index (χ2v) is 10.9.